The number of sulfonamides is 1. The van der Waals surface area contributed by atoms with Gasteiger partial charge in [-0.15, -0.1) is 0 Å². The summed E-state index contributed by atoms with van der Waals surface area (Å²) in [5.74, 6) is -3.60. The number of nitrogens with zero attached hydrogens (tertiary/aromatic N) is 2. The van der Waals surface area contributed by atoms with Crippen LogP contribution in [0.2, 0.25) is 0 Å². The van der Waals surface area contributed by atoms with Crippen LogP contribution in [0.25, 0.3) is 0 Å². The normalized spacial score (nSPS) is 12.1. The van der Waals surface area contributed by atoms with Crippen LogP contribution < -0.4 is 4.72 Å². The summed E-state index contributed by atoms with van der Waals surface area (Å²) < 4.78 is 56.4. The largest absolute Gasteiger partial charge is 0.283 e. The third kappa shape index (κ3) is 4.72. The summed E-state index contributed by atoms with van der Waals surface area (Å²) in [7, 11) is -4.79. The number of aromatic nitrogens is 2. The average Bonchev–Trinajstić information content (AvgIpc) is 3.08. The highest BCUT2D eigenvalue weighted by Gasteiger charge is 2.29. The Hall–Kier alpha value is -3.07. The number of nitrogens with one attached hydrogen (secondary N) is 1. The van der Waals surface area contributed by atoms with E-state index in [2.05, 4.69) is 5.10 Å². The lowest BCUT2D eigenvalue weighted by atomic mass is 9.92. The second-order valence-electron chi connectivity index (χ2n) is 8.68. The van der Waals surface area contributed by atoms with E-state index in [1.165, 1.54) is 10.7 Å². The second-order valence-corrected chi connectivity index (χ2v) is 10.3. The minimum Gasteiger partial charge on any atom is -0.266 e. The first-order chi connectivity index (χ1) is 14.8. The first kappa shape index (κ1) is 23.6. The van der Waals surface area contributed by atoms with Gasteiger partial charge in [-0.3, -0.25) is 9.48 Å². The summed E-state index contributed by atoms with van der Waals surface area (Å²) in [6.45, 7) is 9.82. The predicted octanol–water partition coefficient (Wildman–Crippen LogP) is 4.24. The van der Waals surface area contributed by atoms with Gasteiger partial charge in [-0.2, -0.15) is 5.10 Å². The molecule has 2 aromatic carbocycles. The standard InChI is InChI=1S/C23H25F2N3O3S/c1-14-8-6-9-15(2)16(14)13-28-19(12-20(26-28)23(3,4)5)22(29)27-32(30,31)21-17(24)10-7-11-18(21)25/h6-12H,13H2,1-5H3,(H,27,29). The Balaban J connectivity index is 2.04. The highest BCUT2D eigenvalue weighted by molar-refractivity contribution is 7.90. The minimum atomic E-state index is -4.79. The predicted molar refractivity (Wildman–Crippen MR) is 117 cm³/mol. The van der Waals surface area contributed by atoms with Crippen LogP contribution in [0.3, 0.4) is 0 Å². The molecule has 32 heavy (non-hydrogen) atoms. The maximum atomic E-state index is 14.0. The van der Waals surface area contributed by atoms with E-state index in [-0.39, 0.29) is 12.2 Å². The van der Waals surface area contributed by atoms with Crippen LogP contribution in [0.4, 0.5) is 8.78 Å². The van der Waals surface area contributed by atoms with E-state index in [4.69, 9.17) is 0 Å². The maximum absolute atomic E-state index is 14.0. The van der Waals surface area contributed by atoms with Crippen LogP contribution in [-0.4, -0.2) is 24.1 Å². The SMILES string of the molecule is Cc1cccc(C)c1Cn1nc(C(C)(C)C)cc1C(=O)NS(=O)(=O)c1c(F)cccc1F. The molecule has 1 heterocycles. The van der Waals surface area contributed by atoms with Crippen LogP contribution in [0.15, 0.2) is 47.4 Å². The number of aryl methyl sites for hydroxylation is 2. The van der Waals surface area contributed by atoms with Crippen LogP contribution in [0.5, 0.6) is 0 Å². The quantitative estimate of drug-likeness (QED) is 0.616. The number of carbonyl (C=O) groups is 1. The fraction of sp³-hybridized carbons (Fsp3) is 0.304. The van der Waals surface area contributed by atoms with E-state index in [9.17, 15) is 22.0 Å². The summed E-state index contributed by atoms with van der Waals surface area (Å²) in [5.41, 5.74) is 3.04. The number of benzene rings is 2. The van der Waals surface area contributed by atoms with Gasteiger partial charge in [0.15, 0.2) is 4.90 Å². The molecule has 3 aromatic rings. The molecule has 6 nitrogen and oxygen atoms in total. The Bertz CT molecular complexity index is 1250. The van der Waals surface area contributed by atoms with Crippen LogP contribution in [0, 0.1) is 25.5 Å². The van der Waals surface area contributed by atoms with Crippen molar-refractivity contribution >= 4 is 15.9 Å². The molecule has 0 aliphatic heterocycles. The molecule has 9 heteroatoms. The molecule has 0 spiro atoms. The molecule has 0 saturated heterocycles. The van der Waals surface area contributed by atoms with E-state index in [0.29, 0.717) is 5.69 Å². The topological polar surface area (TPSA) is 81.1 Å². The lowest BCUT2D eigenvalue weighted by Gasteiger charge is -2.15. The van der Waals surface area contributed by atoms with Crippen LogP contribution in [0.1, 0.15) is 53.6 Å². The van der Waals surface area contributed by atoms with Gasteiger partial charge < -0.3 is 0 Å². The van der Waals surface area contributed by atoms with Gasteiger partial charge in [0, 0.05) is 5.41 Å². The van der Waals surface area contributed by atoms with Crippen molar-refractivity contribution in [3.8, 4) is 0 Å². The van der Waals surface area contributed by atoms with Crippen molar-refractivity contribution in [3.05, 3.63) is 82.2 Å². The highest BCUT2D eigenvalue weighted by atomic mass is 32.2. The molecular weight excluding hydrogens is 436 g/mol. The van der Waals surface area contributed by atoms with Crippen LogP contribution in [-0.2, 0) is 22.0 Å². The summed E-state index contributed by atoms with van der Waals surface area (Å²) in [6.07, 6.45) is 0. The lowest BCUT2D eigenvalue weighted by molar-refractivity contribution is 0.0971. The molecule has 0 saturated carbocycles. The van der Waals surface area contributed by atoms with E-state index >= 15 is 0 Å². The zero-order valence-electron chi connectivity index (χ0n) is 18.5. The van der Waals surface area contributed by atoms with Gasteiger partial charge in [-0.1, -0.05) is 45.0 Å². The fourth-order valence-corrected chi connectivity index (χ4v) is 4.40. The van der Waals surface area contributed by atoms with Crippen molar-refractivity contribution in [1.82, 2.24) is 14.5 Å². The molecule has 3 rings (SSSR count). The minimum absolute atomic E-state index is 0.0297. The third-order valence-electron chi connectivity index (χ3n) is 5.15. The van der Waals surface area contributed by atoms with Gasteiger partial charge in [0.1, 0.15) is 17.3 Å². The zero-order chi connectivity index (χ0) is 23.8. The molecule has 0 aliphatic rings. The van der Waals surface area contributed by atoms with Crippen molar-refractivity contribution < 1.29 is 22.0 Å². The highest BCUT2D eigenvalue weighted by Crippen LogP contribution is 2.24. The lowest BCUT2D eigenvalue weighted by Crippen LogP contribution is -2.33. The van der Waals surface area contributed by atoms with E-state index in [1.807, 2.05) is 52.8 Å². The molecule has 1 N–H and O–H groups in total. The van der Waals surface area contributed by atoms with Gasteiger partial charge in [-0.25, -0.2) is 21.9 Å². The molecular formula is C23H25F2N3O3S. The van der Waals surface area contributed by atoms with Crippen molar-refractivity contribution in [2.24, 2.45) is 0 Å². The molecule has 0 fully saturated rings. The third-order valence-corrected chi connectivity index (χ3v) is 6.53. The van der Waals surface area contributed by atoms with E-state index in [0.717, 1.165) is 34.9 Å². The molecule has 0 aliphatic carbocycles. The van der Waals surface area contributed by atoms with Gasteiger partial charge >= 0.3 is 0 Å². The number of amides is 1. The first-order valence-corrected chi connectivity index (χ1v) is 11.4. The summed E-state index contributed by atoms with van der Waals surface area (Å²) >= 11 is 0. The molecule has 0 unspecified atom stereocenters. The van der Waals surface area contributed by atoms with E-state index in [1.54, 1.807) is 4.72 Å². The number of hydrogen-bond donors (Lipinski definition) is 1. The van der Waals surface area contributed by atoms with Crippen molar-refractivity contribution in [2.75, 3.05) is 0 Å². The summed E-state index contributed by atoms with van der Waals surface area (Å²) in [6, 6.07) is 9.94. The van der Waals surface area contributed by atoms with E-state index < -0.39 is 37.9 Å². The van der Waals surface area contributed by atoms with Gasteiger partial charge in [-0.05, 0) is 48.7 Å². The maximum Gasteiger partial charge on any atom is 0.283 e. The van der Waals surface area contributed by atoms with Gasteiger partial charge in [0.25, 0.3) is 15.9 Å². The van der Waals surface area contributed by atoms with Crippen molar-refractivity contribution in [3.63, 3.8) is 0 Å². The smallest absolute Gasteiger partial charge is 0.266 e. The first-order valence-electron chi connectivity index (χ1n) is 9.96. The molecule has 170 valence electrons. The Kier molecular flexibility index (Phi) is 6.24. The Labute approximate surface area is 186 Å². The van der Waals surface area contributed by atoms with Crippen LogP contribution >= 0.6 is 0 Å². The molecule has 0 radical (unpaired) electrons. The molecule has 1 aromatic heterocycles. The summed E-state index contributed by atoms with van der Waals surface area (Å²) in [5, 5.41) is 4.53. The number of rotatable bonds is 5. The molecule has 0 atom stereocenters. The average molecular weight is 462 g/mol. The van der Waals surface area contributed by atoms with Crippen molar-refractivity contribution in [1.29, 1.82) is 0 Å². The number of carbonyl (C=O) groups excluding carboxylic acids is 1. The monoisotopic (exact) mass is 461 g/mol. The summed E-state index contributed by atoms with van der Waals surface area (Å²) in [4.78, 5) is 11.8. The number of halogens is 2. The fourth-order valence-electron chi connectivity index (χ4n) is 3.30. The molecule has 1 amide bonds. The Morgan fingerprint density at radius 1 is 1.03 bits per heavy atom. The Morgan fingerprint density at radius 2 is 1.56 bits per heavy atom. The zero-order valence-corrected chi connectivity index (χ0v) is 19.3. The van der Waals surface area contributed by atoms with Crippen molar-refractivity contribution in [2.45, 2.75) is 51.5 Å². The number of hydrogen-bond acceptors (Lipinski definition) is 4. The Morgan fingerprint density at radius 3 is 2.09 bits per heavy atom. The molecule has 0 bridgehead atoms. The van der Waals surface area contributed by atoms with Gasteiger partial charge in [0.2, 0.25) is 0 Å². The second kappa shape index (κ2) is 8.46. The van der Waals surface area contributed by atoms with Gasteiger partial charge in [0.05, 0.1) is 12.2 Å².